The first-order valence-electron chi connectivity index (χ1n) is 8.59. The van der Waals surface area contributed by atoms with Crippen LogP contribution in [0.25, 0.3) is 0 Å². The Bertz CT molecular complexity index is 253. The smallest absolute Gasteiger partial charge is 0.139 e. The zero-order valence-corrected chi connectivity index (χ0v) is 15.3. The van der Waals surface area contributed by atoms with Crippen LogP contribution >= 0.6 is 0 Å². The molecule has 4 heteroatoms. The number of nitrogens with one attached hydrogen (secondary N) is 2. The van der Waals surface area contributed by atoms with Gasteiger partial charge in [-0.3, -0.25) is 0 Å². The van der Waals surface area contributed by atoms with Gasteiger partial charge in [-0.15, -0.1) is 0 Å². The molecule has 0 aliphatic heterocycles. The number of allylic oxidation sites excluding steroid dienone is 1. The van der Waals surface area contributed by atoms with E-state index in [1.54, 1.807) is 0 Å². The molecule has 0 aliphatic carbocycles. The second kappa shape index (κ2) is 24.7. The molecule has 0 spiro atoms. The molecule has 0 aromatic heterocycles. The molecule has 22 heavy (non-hydrogen) atoms. The maximum absolute atomic E-state index is 9.78. The van der Waals surface area contributed by atoms with Crippen molar-refractivity contribution >= 4 is 6.29 Å². The number of aldehydes is 1. The quantitative estimate of drug-likeness (QED) is 0.379. The van der Waals surface area contributed by atoms with Gasteiger partial charge in [-0.05, 0) is 32.2 Å². The fourth-order valence-corrected chi connectivity index (χ4v) is 1.37. The minimum absolute atomic E-state index is 0.332. The van der Waals surface area contributed by atoms with Gasteiger partial charge in [0.15, 0.2) is 0 Å². The van der Waals surface area contributed by atoms with E-state index < -0.39 is 0 Å². The summed E-state index contributed by atoms with van der Waals surface area (Å²) in [5.41, 5.74) is 7.24. The molecular weight excluding hydrogens is 274 g/mol. The number of nitrogens with two attached hydrogens (primary N) is 1. The summed E-state index contributed by atoms with van der Waals surface area (Å²) in [6, 6.07) is 0. The molecular formula is C18H39N3O. The zero-order chi connectivity index (χ0) is 17.6. The van der Waals surface area contributed by atoms with Gasteiger partial charge in [0, 0.05) is 17.9 Å². The molecule has 4 nitrogen and oxygen atoms in total. The molecule has 0 aromatic carbocycles. The number of rotatable bonds is 12. The standard InChI is InChI=1S/C10H21N.C6H12N2O.C2H6/c1-4-6-8-10(3)11-9-7-5-2;1-6(2-3-7)8-4-5-9;1-2/h11H,3-9H2,1-2H3;5,8H,1-4,7H2;1-2H3. The molecule has 0 atom stereocenters. The molecule has 0 radical (unpaired) electrons. The SMILES string of the molecule is C=C(CCCC)NCCCC.C=C(CCN)NCC=O.CC. The lowest BCUT2D eigenvalue weighted by Crippen LogP contribution is -2.17. The lowest BCUT2D eigenvalue weighted by Gasteiger charge is -2.07. The summed E-state index contributed by atoms with van der Waals surface area (Å²) in [5.74, 6) is 0. The van der Waals surface area contributed by atoms with Crippen LogP contribution in [0.3, 0.4) is 0 Å². The first-order valence-corrected chi connectivity index (χ1v) is 8.59. The normalized spacial score (nSPS) is 8.59. The second-order valence-corrected chi connectivity index (χ2v) is 4.68. The van der Waals surface area contributed by atoms with Crippen LogP contribution in [-0.4, -0.2) is 25.9 Å². The van der Waals surface area contributed by atoms with Crippen molar-refractivity contribution in [3.05, 3.63) is 24.6 Å². The van der Waals surface area contributed by atoms with Crippen molar-refractivity contribution in [2.75, 3.05) is 19.6 Å². The molecule has 0 unspecified atom stereocenters. The van der Waals surface area contributed by atoms with Crippen molar-refractivity contribution in [2.24, 2.45) is 5.73 Å². The first kappa shape index (κ1) is 25.7. The lowest BCUT2D eigenvalue weighted by atomic mass is 10.2. The molecule has 132 valence electrons. The summed E-state index contributed by atoms with van der Waals surface area (Å²) in [7, 11) is 0. The summed E-state index contributed by atoms with van der Waals surface area (Å²) in [5, 5.41) is 6.11. The van der Waals surface area contributed by atoms with E-state index in [4.69, 9.17) is 5.73 Å². The van der Waals surface area contributed by atoms with Gasteiger partial charge in [0.2, 0.25) is 0 Å². The van der Waals surface area contributed by atoms with Crippen molar-refractivity contribution in [3.63, 3.8) is 0 Å². The van der Waals surface area contributed by atoms with E-state index in [1.165, 1.54) is 31.4 Å². The maximum atomic E-state index is 9.78. The van der Waals surface area contributed by atoms with Gasteiger partial charge < -0.3 is 21.2 Å². The molecule has 0 bridgehead atoms. The minimum Gasteiger partial charge on any atom is -0.389 e. The van der Waals surface area contributed by atoms with Gasteiger partial charge >= 0.3 is 0 Å². The van der Waals surface area contributed by atoms with E-state index in [1.807, 2.05) is 13.8 Å². The summed E-state index contributed by atoms with van der Waals surface area (Å²) >= 11 is 0. The van der Waals surface area contributed by atoms with Crippen LogP contribution in [0.4, 0.5) is 0 Å². The zero-order valence-electron chi connectivity index (χ0n) is 15.3. The maximum Gasteiger partial charge on any atom is 0.139 e. The summed E-state index contributed by atoms with van der Waals surface area (Å²) in [6.07, 6.45) is 7.70. The summed E-state index contributed by atoms with van der Waals surface area (Å²) in [4.78, 5) is 9.78. The molecule has 0 aromatic rings. The fraction of sp³-hybridized carbons (Fsp3) is 0.722. The van der Waals surface area contributed by atoms with E-state index in [-0.39, 0.29) is 0 Å². The van der Waals surface area contributed by atoms with Crippen molar-refractivity contribution < 1.29 is 4.79 Å². The number of unbranched alkanes of at least 4 members (excludes halogenated alkanes) is 2. The van der Waals surface area contributed by atoms with E-state index in [0.29, 0.717) is 13.1 Å². The Balaban J connectivity index is -0.000000299. The lowest BCUT2D eigenvalue weighted by molar-refractivity contribution is -0.107. The van der Waals surface area contributed by atoms with E-state index in [0.717, 1.165) is 31.4 Å². The molecule has 0 heterocycles. The largest absolute Gasteiger partial charge is 0.389 e. The molecule has 0 saturated carbocycles. The van der Waals surface area contributed by atoms with Crippen LogP contribution in [-0.2, 0) is 4.79 Å². The van der Waals surface area contributed by atoms with Crippen molar-refractivity contribution in [2.45, 2.75) is 66.2 Å². The Hall–Kier alpha value is -1.29. The van der Waals surface area contributed by atoms with Crippen molar-refractivity contribution in [1.29, 1.82) is 0 Å². The Labute approximate surface area is 138 Å². The second-order valence-electron chi connectivity index (χ2n) is 4.68. The molecule has 0 aliphatic rings. The highest BCUT2D eigenvalue weighted by molar-refractivity contribution is 5.52. The van der Waals surface area contributed by atoms with Crippen LogP contribution in [0.5, 0.6) is 0 Å². The topological polar surface area (TPSA) is 67.2 Å². The van der Waals surface area contributed by atoms with Gasteiger partial charge in [0.05, 0.1) is 6.54 Å². The van der Waals surface area contributed by atoms with E-state index in [9.17, 15) is 4.79 Å². The Morgan fingerprint density at radius 2 is 1.55 bits per heavy atom. The predicted molar refractivity (Wildman–Crippen MR) is 99.8 cm³/mol. The van der Waals surface area contributed by atoms with Gasteiger partial charge in [-0.1, -0.05) is 53.7 Å². The van der Waals surface area contributed by atoms with Crippen LogP contribution < -0.4 is 16.4 Å². The van der Waals surface area contributed by atoms with Gasteiger partial charge in [-0.2, -0.15) is 0 Å². The summed E-state index contributed by atoms with van der Waals surface area (Å²) < 4.78 is 0. The van der Waals surface area contributed by atoms with Crippen LogP contribution in [0.2, 0.25) is 0 Å². The average molecular weight is 314 g/mol. The third-order valence-electron chi connectivity index (χ3n) is 2.62. The van der Waals surface area contributed by atoms with Gasteiger partial charge in [0.25, 0.3) is 0 Å². The average Bonchev–Trinajstić information content (AvgIpc) is 2.54. The highest BCUT2D eigenvalue weighted by atomic mass is 16.1. The Morgan fingerprint density at radius 3 is 2.00 bits per heavy atom. The van der Waals surface area contributed by atoms with E-state index >= 15 is 0 Å². The predicted octanol–water partition coefficient (Wildman–Crippen LogP) is 3.74. The highest BCUT2D eigenvalue weighted by Crippen LogP contribution is 2.01. The van der Waals surface area contributed by atoms with Gasteiger partial charge in [-0.25, -0.2) is 0 Å². The van der Waals surface area contributed by atoms with Crippen molar-refractivity contribution in [3.8, 4) is 0 Å². The Morgan fingerprint density at radius 1 is 1.00 bits per heavy atom. The molecule has 0 fully saturated rings. The monoisotopic (exact) mass is 313 g/mol. The molecule has 0 rings (SSSR count). The van der Waals surface area contributed by atoms with Crippen LogP contribution in [0.15, 0.2) is 24.6 Å². The van der Waals surface area contributed by atoms with Crippen LogP contribution in [0, 0.1) is 0 Å². The highest BCUT2D eigenvalue weighted by Gasteiger charge is 1.90. The third-order valence-corrected chi connectivity index (χ3v) is 2.62. The van der Waals surface area contributed by atoms with Gasteiger partial charge in [0.1, 0.15) is 6.29 Å². The third kappa shape index (κ3) is 27.1. The minimum atomic E-state index is 0.332. The van der Waals surface area contributed by atoms with E-state index in [2.05, 4.69) is 37.6 Å². The molecule has 0 amide bonds. The number of carbonyl (C=O) groups excluding carboxylic acids is 1. The van der Waals surface area contributed by atoms with Crippen LogP contribution in [0.1, 0.15) is 66.2 Å². The summed E-state index contributed by atoms with van der Waals surface area (Å²) in [6.45, 7) is 18.0. The van der Waals surface area contributed by atoms with Crippen molar-refractivity contribution in [1.82, 2.24) is 10.6 Å². The fourth-order valence-electron chi connectivity index (χ4n) is 1.37. The molecule has 0 saturated heterocycles. The number of hydrogen-bond donors (Lipinski definition) is 3. The molecule has 4 N–H and O–H groups in total. The Kier molecular flexibility index (Phi) is 28.8. The number of carbonyl (C=O) groups is 1. The number of hydrogen-bond acceptors (Lipinski definition) is 4. The first-order chi connectivity index (χ1) is 10.6.